The Hall–Kier alpha value is -1.56. The van der Waals surface area contributed by atoms with Gasteiger partial charge in [0, 0.05) is 13.0 Å². The van der Waals surface area contributed by atoms with E-state index in [-0.39, 0.29) is 12.5 Å². The van der Waals surface area contributed by atoms with Gasteiger partial charge in [-0.05, 0) is 37.5 Å². The largest absolute Gasteiger partial charge is 0.354 e. The number of anilines is 1. The maximum Gasteiger partial charge on any atom is 0.232 e. The maximum absolute atomic E-state index is 12.1. The quantitative estimate of drug-likeness (QED) is 0.797. The second-order valence-corrected chi connectivity index (χ2v) is 7.49. The fourth-order valence-corrected chi connectivity index (χ4v) is 3.15. The summed E-state index contributed by atoms with van der Waals surface area (Å²) in [5, 5.41) is 2.78. The molecule has 0 saturated carbocycles. The lowest BCUT2D eigenvalue weighted by Crippen LogP contribution is -2.38. The number of unbranched alkanes of at least 4 members (excludes halogenated alkanes) is 1. The third-order valence-corrected chi connectivity index (χ3v) is 4.61. The Labute approximate surface area is 133 Å². The molecule has 1 aromatic rings. The summed E-state index contributed by atoms with van der Waals surface area (Å²) < 4.78 is 25.5. The van der Waals surface area contributed by atoms with E-state index in [1.54, 1.807) is 0 Å². The van der Waals surface area contributed by atoms with Gasteiger partial charge in [-0.3, -0.25) is 9.10 Å². The molecule has 1 rings (SSSR count). The molecule has 0 unspecified atom stereocenters. The minimum atomic E-state index is -3.39. The number of sulfonamides is 1. The Balaban J connectivity index is 2.79. The van der Waals surface area contributed by atoms with Crippen LogP contribution < -0.4 is 9.62 Å². The molecule has 0 spiro atoms. The van der Waals surface area contributed by atoms with E-state index in [0.29, 0.717) is 18.7 Å². The SMILES string of the molecule is CCCCC(=O)NCCN(c1cc(C)ccc1C)S(C)(=O)=O. The Morgan fingerprint density at radius 2 is 1.95 bits per heavy atom. The first kappa shape index (κ1) is 18.5. The Morgan fingerprint density at radius 1 is 1.27 bits per heavy atom. The summed E-state index contributed by atoms with van der Waals surface area (Å²) in [7, 11) is -3.39. The van der Waals surface area contributed by atoms with Crippen LogP contribution in [0.3, 0.4) is 0 Å². The van der Waals surface area contributed by atoms with Crippen molar-refractivity contribution in [2.45, 2.75) is 40.0 Å². The van der Waals surface area contributed by atoms with Crippen LogP contribution in [0.2, 0.25) is 0 Å². The zero-order valence-electron chi connectivity index (χ0n) is 13.8. The molecule has 0 fully saturated rings. The van der Waals surface area contributed by atoms with E-state index in [9.17, 15) is 13.2 Å². The normalized spacial score (nSPS) is 11.3. The lowest BCUT2D eigenvalue weighted by molar-refractivity contribution is -0.121. The number of nitrogens with zero attached hydrogens (tertiary/aromatic N) is 1. The Morgan fingerprint density at radius 3 is 2.55 bits per heavy atom. The molecule has 0 aliphatic rings. The van der Waals surface area contributed by atoms with E-state index >= 15 is 0 Å². The van der Waals surface area contributed by atoms with E-state index in [2.05, 4.69) is 5.32 Å². The molecule has 1 N–H and O–H groups in total. The van der Waals surface area contributed by atoms with Crippen LogP contribution in [0.15, 0.2) is 18.2 Å². The minimum Gasteiger partial charge on any atom is -0.354 e. The highest BCUT2D eigenvalue weighted by Gasteiger charge is 2.19. The molecule has 124 valence electrons. The van der Waals surface area contributed by atoms with Crippen molar-refractivity contribution in [3.05, 3.63) is 29.3 Å². The summed E-state index contributed by atoms with van der Waals surface area (Å²) in [4.78, 5) is 11.6. The molecule has 0 radical (unpaired) electrons. The fourth-order valence-electron chi connectivity index (χ4n) is 2.18. The second kappa shape index (κ2) is 8.17. The van der Waals surface area contributed by atoms with Gasteiger partial charge in [-0.25, -0.2) is 8.42 Å². The minimum absolute atomic E-state index is 0.0312. The highest BCUT2D eigenvalue weighted by atomic mass is 32.2. The molecular formula is C16H26N2O3S. The summed E-state index contributed by atoms with van der Waals surface area (Å²) >= 11 is 0. The molecule has 0 saturated heterocycles. The van der Waals surface area contributed by atoms with E-state index < -0.39 is 10.0 Å². The molecule has 22 heavy (non-hydrogen) atoms. The summed E-state index contributed by atoms with van der Waals surface area (Å²) in [5.74, 6) is -0.0312. The van der Waals surface area contributed by atoms with Gasteiger partial charge in [0.25, 0.3) is 0 Å². The number of carbonyl (C=O) groups is 1. The second-order valence-electron chi connectivity index (χ2n) is 5.58. The first-order valence-electron chi connectivity index (χ1n) is 7.57. The smallest absolute Gasteiger partial charge is 0.232 e. The molecule has 0 heterocycles. The van der Waals surface area contributed by atoms with Crippen molar-refractivity contribution in [1.82, 2.24) is 5.32 Å². The number of amides is 1. The highest BCUT2D eigenvalue weighted by Crippen LogP contribution is 2.23. The lowest BCUT2D eigenvalue weighted by atomic mass is 10.1. The number of hydrogen-bond donors (Lipinski definition) is 1. The van der Waals surface area contributed by atoms with Crippen molar-refractivity contribution in [2.75, 3.05) is 23.7 Å². The molecule has 5 nitrogen and oxygen atoms in total. The zero-order chi connectivity index (χ0) is 16.8. The highest BCUT2D eigenvalue weighted by molar-refractivity contribution is 7.92. The van der Waals surface area contributed by atoms with Gasteiger partial charge in [0.05, 0.1) is 18.5 Å². The number of rotatable bonds is 8. The summed E-state index contributed by atoms with van der Waals surface area (Å²) in [5.41, 5.74) is 2.57. The van der Waals surface area contributed by atoms with E-state index in [1.807, 2.05) is 39.0 Å². The van der Waals surface area contributed by atoms with Crippen LogP contribution in [-0.4, -0.2) is 33.7 Å². The average Bonchev–Trinajstić information content (AvgIpc) is 2.43. The first-order valence-corrected chi connectivity index (χ1v) is 9.42. The van der Waals surface area contributed by atoms with Crippen LogP contribution >= 0.6 is 0 Å². The van der Waals surface area contributed by atoms with Crippen molar-refractivity contribution >= 4 is 21.6 Å². The molecule has 0 bridgehead atoms. The van der Waals surface area contributed by atoms with Crippen molar-refractivity contribution in [2.24, 2.45) is 0 Å². The van der Waals surface area contributed by atoms with Crippen LogP contribution in [0.1, 0.15) is 37.3 Å². The van der Waals surface area contributed by atoms with Gasteiger partial charge in [-0.2, -0.15) is 0 Å². The fraction of sp³-hybridized carbons (Fsp3) is 0.562. The molecule has 1 aromatic carbocycles. The summed E-state index contributed by atoms with van der Waals surface area (Å²) in [6.45, 7) is 6.38. The predicted molar refractivity (Wildman–Crippen MR) is 90.6 cm³/mol. The molecule has 0 atom stereocenters. The lowest BCUT2D eigenvalue weighted by Gasteiger charge is -2.24. The number of hydrogen-bond acceptors (Lipinski definition) is 3. The van der Waals surface area contributed by atoms with Crippen molar-refractivity contribution < 1.29 is 13.2 Å². The van der Waals surface area contributed by atoms with Crippen molar-refractivity contribution in [3.8, 4) is 0 Å². The first-order chi connectivity index (χ1) is 10.3. The monoisotopic (exact) mass is 326 g/mol. The van der Waals surface area contributed by atoms with Crippen molar-refractivity contribution in [3.63, 3.8) is 0 Å². The van der Waals surface area contributed by atoms with Gasteiger partial charge in [0.15, 0.2) is 0 Å². The third kappa shape index (κ3) is 5.67. The number of nitrogens with one attached hydrogen (secondary N) is 1. The van der Waals surface area contributed by atoms with Crippen LogP contribution in [-0.2, 0) is 14.8 Å². The van der Waals surface area contributed by atoms with Gasteiger partial charge in [0.1, 0.15) is 0 Å². The van der Waals surface area contributed by atoms with Gasteiger partial charge in [0.2, 0.25) is 15.9 Å². The van der Waals surface area contributed by atoms with E-state index in [0.717, 1.165) is 24.0 Å². The van der Waals surface area contributed by atoms with Crippen LogP contribution in [0.25, 0.3) is 0 Å². The summed E-state index contributed by atoms with van der Waals surface area (Å²) in [6, 6.07) is 5.71. The maximum atomic E-state index is 12.1. The standard InChI is InChI=1S/C16H26N2O3S/c1-5-6-7-16(19)17-10-11-18(22(4,20)21)15-12-13(2)8-9-14(15)3/h8-9,12H,5-7,10-11H2,1-4H3,(H,17,19). The average molecular weight is 326 g/mol. The molecule has 0 aromatic heterocycles. The van der Waals surface area contributed by atoms with Gasteiger partial charge >= 0.3 is 0 Å². The zero-order valence-corrected chi connectivity index (χ0v) is 14.7. The van der Waals surface area contributed by atoms with Gasteiger partial charge in [-0.1, -0.05) is 25.5 Å². The number of benzene rings is 1. The Kier molecular flexibility index (Phi) is 6.87. The van der Waals surface area contributed by atoms with E-state index in [1.165, 1.54) is 10.6 Å². The number of aryl methyl sites for hydroxylation is 2. The summed E-state index contributed by atoms with van der Waals surface area (Å²) in [6.07, 6.45) is 3.48. The molecular weight excluding hydrogens is 300 g/mol. The topological polar surface area (TPSA) is 66.5 Å². The third-order valence-electron chi connectivity index (χ3n) is 3.43. The van der Waals surface area contributed by atoms with E-state index in [4.69, 9.17) is 0 Å². The van der Waals surface area contributed by atoms with Crippen LogP contribution in [0.4, 0.5) is 5.69 Å². The number of carbonyl (C=O) groups excluding carboxylic acids is 1. The van der Waals surface area contributed by atoms with Crippen molar-refractivity contribution in [1.29, 1.82) is 0 Å². The predicted octanol–water partition coefficient (Wildman–Crippen LogP) is 2.38. The Bertz CT molecular complexity index is 612. The molecule has 0 aliphatic carbocycles. The van der Waals surface area contributed by atoms with Crippen LogP contribution in [0.5, 0.6) is 0 Å². The van der Waals surface area contributed by atoms with Gasteiger partial charge < -0.3 is 5.32 Å². The molecule has 6 heteroatoms. The van der Waals surface area contributed by atoms with Crippen LogP contribution in [0, 0.1) is 13.8 Å². The molecule has 1 amide bonds. The molecule has 0 aliphatic heterocycles. The van der Waals surface area contributed by atoms with Gasteiger partial charge in [-0.15, -0.1) is 0 Å².